The van der Waals surface area contributed by atoms with Crippen molar-refractivity contribution >= 4 is 11.7 Å². The summed E-state index contributed by atoms with van der Waals surface area (Å²) in [6.07, 6.45) is 1.94. The van der Waals surface area contributed by atoms with Crippen LogP contribution < -0.4 is 10.2 Å². The number of aryl methyl sites for hydroxylation is 1. The van der Waals surface area contributed by atoms with Crippen molar-refractivity contribution in [2.45, 2.75) is 32.7 Å². The van der Waals surface area contributed by atoms with Gasteiger partial charge < -0.3 is 15.3 Å². The Morgan fingerprint density at radius 2 is 1.95 bits per heavy atom. The van der Waals surface area contributed by atoms with Crippen LogP contribution in [0.25, 0.3) is 0 Å². The molecule has 1 unspecified atom stereocenters. The lowest BCUT2D eigenvalue weighted by atomic mass is 10.1. The summed E-state index contributed by atoms with van der Waals surface area (Å²) < 4.78 is 0. The second-order valence-corrected chi connectivity index (χ2v) is 4.75. The van der Waals surface area contributed by atoms with Gasteiger partial charge in [-0.05, 0) is 37.1 Å². The molecule has 19 heavy (non-hydrogen) atoms. The molecule has 1 rings (SSSR count). The summed E-state index contributed by atoms with van der Waals surface area (Å²) in [4.78, 5) is 13.2. The molecule has 0 fully saturated rings. The number of carboxylic acids is 1. The molecule has 1 aromatic rings. The lowest BCUT2D eigenvalue weighted by Crippen LogP contribution is -2.45. The monoisotopic (exact) mass is 264 g/mol. The van der Waals surface area contributed by atoms with Crippen LogP contribution in [0.1, 0.15) is 25.8 Å². The zero-order valence-electron chi connectivity index (χ0n) is 12.0. The molecule has 0 amide bonds. The molecule has 4 nitrogen and oxygen atoms in total. The molecule has 0 aliphatic heterocycles. The molecule has 0 saturated carbocycles. The van der Waals surface area contributed by atoms with Crippen molar-refractivity contribution in [3.63, 3.8) is 0 Å². The first kappa shape index (κ1) is 15.5. The molecule has 0 aliphatic carbocycles. The van der Waals surface area contributed by atoms with Crippen LogP contribution >= 0.6 is 0 Å². The number of nitrogens with zero attached hydrogens (tertiary/aromatic N) is 1. The maximum Gasteiger partial charge on any atom is 0.322 e. The number of benzene rings is 1. The van der Waals surface area contributed by atoms with E-state index < -0.39 is 12.0 Å². The fourth-order valence-corrected chi connectivity index (χ4v) is 1.91. The minimum Gasteiger partial charge on any atom is -0.480 e. The van der Waals surface area contributed by atoms with Gasteiger partial charge in [0.15, 0.2) is 0 Å². The number of carboxylic acid groups (broad SMARTS) is 1. The Morgan fingerprint density at radius 3 is 2.42 bits per heavy atom. The van der Waals surface area contributed by atoms with Gasteiger partial charge in [-0.1, -0.05) is 26.0 Å². The van der Waals surface area contributed by atoms with Crippen LogP contribution in [0, 0.1) is 0 Å². The van der Waals surface area contributed by atoms with E-state index in [1.807, 2.05) is 31.0 Å². The van der Waals surface area contributed by atoms with E-state index in [0.29, 0.717) is 6.54 Å². The fraction of sp³-hybridized carbons (Fsp3) is 0.533. The molecule has 0 heterocycles. The minimum atomic E-state index is -0.800. The molecule has 2 N–H and O–H groups in total. The molecule has 0 aliphatic rings. The SMILES string of the molecule is CCCNC(CN(C)c1ccc(CC)cc1)C(=O)O. The second kappa shape index (κ2) is 7.79. The van der Waals surface area contributed by atoms with Gasteiger partial charge >= 0.3 is 5.97 Å². The molecule has 106 valence electrons. The summed E-state index contributed by atoms with van der Waals surface area (Å²) in [5.41, 5.74) is 2.33. The molecular weight excluding hydrogens is 240 g/mol. The van der Waals surface area contributed by atoms with Gasteiger partial charge in [0, 0.05) is 19.3 Å². The average Bonchev–Trinajstić information content (AvgIpc) is 2.43. The van der Waals surface area contributed by atoms with Gasteiger partial charge in [0.2, 0.25) is 0 Å². The van der Waals surface area contributed by atoms with Crippen molar-refractivity contribution in [2.75, 3.05) is 25.0 Å². The van der Waals surface area contributed by atoms with E-state index in [-0.39, 0.29) is 0 Å². The number of hydrogen-bond acceptors (Lipinski definition) is 3. The van der Waals surface area contributed by atoms with Gasteiger partial charge in [0.25, 0.3) is 0 Å². The highest BCUT2D eigenvalue weighted by Crippen LogP contribution is 2.14. The smallest absolute Gasteiger partial charge is 0.322 e. The second-order valence-electron chi connectivity index (χ2n) is 4.75. The van der Waals surface area contributed by atoms with Crippen LogP contribution in [0.15, 0.2) is 24.3 Å². The maximum atomic E-state index is 11.2. The lowest BCUT2D eigenvalue weighted by molar-refractivity contribution is -0.139. The summed E-state index contributed by atoms with van der Waals surface area (Å²) in [6, 6.07) is 7.72. The Morgan fingerprint density at radius 1 is 1.32 bits per heavy atom. The highest BCUT2D eigenvalue weighted by molar-refractivity contribution is 5.74. The number of hydrogen-bond donors (Lipinski definition) is 2. The zero-order chi connectivity index (χ0) is 14.3. The molecular formula is C15H24N2O2. The summed E-state index contributed by atoms with van der Waals surface area (Å²) >= 11 is 0. The first-order chi connectivity index (χ1) is 9.08. The number of aliphatic carboxylic acids is 1. The summed E-state index contributed by atoms with van der Waals surface area (Å²) in [5.74, 6) is -0.800. The molecule has 0 spiro atoms. The van der Waals surface area contributed by atoms with Crippen molar-refractivity contribution in [2.24, 2.45) is 0 Å². The molecule has 0 saturated heterocycles. The van der Waals surface area contributed by atoms with E-state index in [1.54, 1.807) is 0 Å². The molecule has 1 aromatic carbocycles. The molecule has 4 heteroatoms. The van der Waals surface area contributed by atoms with Crippen molar-refractivity contribution in [1.82, 2.24) is 5.32 Å². The Bertz CT molecular complexity index is 390. The maximum absolute atomic E-state index is 11.2. The van der Waals surface area contributed by atoms with E-state index in [0.717, 1.165) is 25.1 Å². The standard InChI is InChI=1S/C15H24N2O2/c1-4-10-16-14(15(18)19)11-17(3)13-8-6-12(5-2)7-9-13/h6-9,14,16H,4-5,10-11H2,1-3H3,(H,18,19). The van der Waals surface area contributed by atoms with Crippen LogP contribution in [0.2, 0.25) is 0 Å². The van der Waals surface area contributed by atoms with Crippen LogP contribution in [-0.4, -0.2) is 37.3 Å². The summed E-state index contributed by atoms with van der Waals surface area (Å²) in [5, 5.41) is 12.2. The number of rotatable bonds is 8. The Balaban J connectivity index is 2.64. The third-order valence-electron chi connectivity index (χ3n) is 3.18. The van der Waals surface area contributed by atoms with E-state index in [2.05, 4.69) is 24.4 Å². The van der Waals surface area contributed by atoms with E-state index in [4.69, 9.17) is 0 Å². The number of anilines is 1. The van der Waals surface area contributed by atoms with Gasteiger partial charge in [0.05, 0.1) is 0 Å². The van der Waals surface area contributed by atoms with Gasteiger partial charge in [-0.3, -0.25) is 4.79 Å². The Kier molecular flexibility index (Phi) is 6.36. The summed E-state index contributed by atoms with van der Waals surface area (Å²) in [6.45, 7) is 5.33. The predicted octanol–water partition coefficient (Wildman–Crippen LogP) is 2.14. The number of carbonyl (C=O) groups is 1. The highest BCUT2D eigenvalue weighted by atomic mass is 16.4. The van der Waals surface area contributed by atoms with Crippen LogP contribution in [-0.2, 0) is 11.2 Å². The Labute approximate surface area is 115 Å². The molecule has 0 aromatic heterocycles. The molecule has 0 bridgehead atoms. The highest BCUT2D eigenvalue weighted by Gasteiger charge is 2.18. The van der Waals surface area contributed by atoms with Crippen molar-refractivity contribution in [3.05, 3.63) is 29.8 Å². The zero-order valence-corrected chi connectivity index (χ0v) is 12.0. The molecule has 0 radical (unpaired) electrons. The first-order valence-electron chi connectivity index (χ1n) is 6.84. The van der Waals surface area contributed by atoms with Crippen molar-refractivity contribution in [1.29, 1.82) is 0 Å². The number of likely N-dealkylation sites (N-methyl/N-ethyl adjacent to an activating group) is 1. The van der Waals surface area contributed by atoms with Gasteiger partial charge in [-0.2, -0.15) is 0 Å². The van der Waals surface area contributed by atoms with Crippen molar-refractivity contribution in [3.8, 4) is 0 Å². The normalized spacial score (nSPS) is 12.2. The summed E-state index contributed by atoms with van der Waals surface area (Å²) in [7, 11) is 1.92. The van der Waals surface area contributed by atoms with Gasteiger partial charge in [-0.15, -0.1) is 0 Å². The largest absolute Gasteiger partial charge is 0.480 e. The van der Waals surface area contributed by atoms with E-state index in [9.17, 15) is 9.90 Å². The third-order valence-corrected chi connectivity index (χ3v) is 3.18. The Hall–Kier alpha value is -1.55. The number of nitrogens with one attached hydrogen (secondary N) is 1. The predicted molar refractivity (Wildman–Crippen MR) is 78.8 cm³/mol. The fourth-order valence-electron chi connectivity index (χ4n) is 1.91. The molecule has 1 atom stereocenters. The van der Waals surface area contributed by atoms with E-state index in [1.165, 1.54) is 5.56 Å². The minimum absolute atomic E-state index is 0.459. The lowest BCUT2D eigenvalue weighted by Gasteiger charge is -2.24. The van der Waals surface area contributed by atoms with Gasteiger partial charge in [0.1, 0.15) is 6.04 Å². The van der Waals surface area contributed by atoms with Crippen LogP contribution in [0.4, 0.5) is 5.69 Å². The first-order valence-corrected chi connectivity index (χ1v) is 6.84. The average molecular weight is 264 g/mol. The van der Waals surface area contributed by atoms with Gasteiger partial charge in [-0.25, -0.2) is 0 Å². The van der Waals surface area contributed by atoms with E-state index >= 15 is 0 Å². The van der Waals surface area contributed by atoms with Crippen molar-refractivity contribution < 1.29 is 9.90 Å². The quantitative estimate of drug-likeness (QED) is 0.755. The topological polar surface area (TPSA) is 52.6 Å². The van der Waals surface area contributed by atoms with Crippen LogP contribution in [0.3, 0.4) is 0 Å². The third kappa shape index (κ3) is 4.91. The van der Waals surface area contributed by atoms with Crippen LogP contribution in [0.5, 0.6) is 0 Å².